The quantitative estimate of drug-likeness (QED) is 0.825. The Morgan fingerprint density at radius 2 is 2.06 bits per heavy atom. The molecule has 1 aliphatic carbocycles. The van der Waals surface area contributed by atoms with Gasteiger partial charge in [-0.15, -0.1) is 0 Å². The van der Waals surface area contributed by atoms with Gasteiger partial charge in [-0.1, -0.05) is 30.5 Å². The monoisotopic (exact) mass is 236 g/mol. The summed E-state index contributed by atoms with van der Waals surface area (Å²) in [5.41, 5.74) is 0.795. The summed E-state index contributed by atoms with van der Waals surface area (Å²) in [6.07, 6.45) is 4.77. The molecule has 0 amide bonds. The van der Waals surface area contributed by atoms with Crippen molar-refractivity contribution in [2.45, 2.75) is 31.6 Å². The average molecular weight is 237 g/mol. The maximum Gasteiger partial charge on any atom is 0.197 e. The molecule has 4 heteroatoms. The number of hydrogen-bond acceptors (Lipinski definition) is 2. The van der Waals surface area contributed by atoms with Crippen molar-refractivity contribution in [3.8, 4) is 5.88 Å². The number of rotatable bonds is 1. The number of halogens is 1. The Hall–Kier alpha value is -1.22. The number of nitrogens with zero attached hydrogens (tertiary/aromatic N) is 2. The van der Waals surface area contributed by atoms with Crippen LogP contribution in [0.5, 0.6) is 5.88 Å². The van der Waals surface area contributed by atoms with Crippen LogP contribution in [0.3, 0.4) is 0 Å². The highest BCUT2D eigenvalue weighted by Crippen LogP contribution is 2.36. The summed E-state index contributed by atoms with van der Waals surface area (Å²) in [5.74, 6) is 1.57. The van der Waals surface area contributed by atoms with Gasteiger partial charge < -0.3 is 5.11 Å². The zero-order valence-electron chi connectivity index (χ0n) is 8.86. The minimum atomic E-state index is 0.221. The standard InChI is InChI=1S/C12H13ClN2O/c13-11-9-6-3-7-10(16)15(9)12(14-11)8-4-1-2-5-8/h3,6-8,16H,1-2,4-5H2. The molecule has 2 aromatic rings. The van der Waals surface area contributed by atoms with Crippen LogP contribution in [0.25, 0.3) is 5.52 Å². The first-order chi connectivity index (χ1) is 7.77. The molecule has 1 saturated carbocycles. The van der Waals surface area contributed by atoms with E-state index in [0.29, 0.717) is 11.1 Å². The Kier molecular flexibility index (Phi) is 2.28. The van der Waals surface area contributed by atoms with E-state index < -0.39 is 0 Å². The van der Waals surface area contributed by atoms with Crippen molar-refractivity contribution in [1.82, 2.24) is 9.38 Å². The number of pyridine rings is 1. The maximum atomic E-state index is 9.89. The van der Waals surface area contributed by atoms with Crippen molar-refractivity contribution in [3.05, 3.63) is 29.2 Å². The third kappa shape index (κ3) is 1.39. The summed E-state index contributed by atoms with van der Waals surface area (Å²) < 4.78 is 1.78. The van der Waals surface area contributed by atoms with Crippen LogP contribution >= 0.6 is 11.6 Å². The highest BCUT2D eigenvalue weighted by molar-refractivity contribution is 6.32. The first-order valence-electron chi connectivity index (χ1n) is 5.63. The van der Waals surface area contributed by atoms with E-state index in [0.717, 1.165) is 24.2 Å². The lowest BCUT2D eigenvalue weighted by Crippen LogP contribution is -2.00. The molecule has 0 aliphatic heterocycles. The fraction of sp³-hybridized carbons (Fsp3) is 0.417. The molecule has 0 radical (unpaired) electrons. The van der Waals surface area contributed by atoms with Gasteiger partial charge in [0.2, 0.25) is 0 Å². The number of hydrogen-bond donors (Lipinski definition) is 1. The minimum Gasteiger partial charge on any atom is -0.494 e. The van der Waals surface area contributed by atoms with Crippen LogP contribution in [0.15, 0.2) is 18.2 Å². The summed E-state index contributed by atoms with van der Waals surface area (Å²) in [6.45, 7) is 0. The first-order valence-corrected chi connectivity index (χ1v) is 6.01. The Balaban J connectivity index is 2.24. The zero-order chi connectivity index (χ0) is 11.1. The number of fused-ring (bicyclic) bond motifs is 1. The van der Waals surface area contributed by atoms with Gasteiger partial charge in [0.25, 0.3) is 0 Å². The molecule has 0 aromatic carbocycles. The van der Waals surface area contributed by atoms with Crippen molar-refractivity contribution in [3.63, 3.8) is 0 Å². The maximum absolute atomic E-state index is 9.89. The highest BCUT2D eigenvalue weighted by Gasteiger charge is 2.23. The topological polar surface area (TPSA) is 37.5 Å². The van der Waals surface area contributed by atoms with Crippen molar-refractivity contribution in [2.24, 2.45) is 0 Å². The van der Waals surface area contributed by atoms with E-state index >= 15 is 0 Å². The van der Waals surface area contributed by atoms with Gasteiger partial charge >= 0.3 is 0 Å². The van der Waals surface area contributed by atoms with Crippen molar-refractivity contribution in [1.29, 1.82) is 0 Å². The van der Waals surface area contributed by atoms with Crippen molar-refractivity contribution < 1.29 is 5.11 Å². The molecular formula is C12H13ClN2O. The van der Waals surface area contributed by atoms with Gasteiger partial charge in [-0.3, -0.25) is 4.40 Å². The van der Waals surface area contributed by atoms with E-state index in [4.69, 9.17) is 11.6 Å². The zero-order valence-corrected chi connectivity index (χ0v) is 9.61. The van der Waals surface area contributed by atoms with Gasteiger partial charge in [0, 0.05) is 5.92 Å². The molecule has 0 saturated heterocycles. The highest BCUT2D eigenvalue weighted by atomic mass is 35.5. The lowest BCUT2D eigenvalue weighted by molar-refractivity contribution is 0.439. The molecule has 84 valence electrons. The summed E-state index contributed by atoms with van der Waals surface area (Å²) in [4.78, 5) is 4.40. The molecule has 1 N–H and O–H groups in total. The fourth-order valence-corrected chi connectivity index (χ4v) is 2.80. The van der Waals surface area contributed by atoms with Crippen LogP contribution in [0.1, 0.15) is 37.4 Å². The van der Waals surface area contributed by atoms with Crippen LogP contribution in [-0.2, 0) is 0 Å². The van der Waals surface area contributed by atoms with Crippen LogP contribution in [0.4, 0.5) is 0 Å². The van der Waals surface area contributed by atoms with Crippen molar-refractivity contribution >= 4 is 17.1 Å². The second kappa shape index (κ2) is 3.67. The third-order valence-electron chi connectivity index (χ3n) is 3.34. The molecule has 2 aromatic heterocycles. The molecule has 1 fully saturated rings. The molecule has 3 rings (SSSR count). The lowest BCUT2D eigenvalue weighted by atomic mass is 10.1. The second-order valence-electron chi connectivity index (χ2n) is 4.35. The largest absolute Gasteiger partial charge is 0.494 e. The molecule has 0 unspecified atom stereocenters. The first kappa shape index (κ1) is 9.97. The normalized spacial score (nSPS) is 17.3. The van der Waals surface area contributed by atoms with E-state index in [1.807, 2.05) is 6.07 Å². The molecule has 16 heavy (non-hydrogen) atoms. The summed E-state index contributed by atoms with van der Waals surface area (Å²) >= 11 is 6.09. The Bertz CT molecular complexity index is 529. The second-order valence-corrected chi connectivity index (χ2v) is 4.70. The van der Waals surface area contributed by atoms with E-state index in [-0.39, 0.29) is 5.88 Å². The number of imidazole rings is 1. The van der Waals surface area contributed by atoms with Gasteiger partial charge in [-0.05, 0) is 25.0 Å². The Morgan fingerprint density at radius 3 is 2.81 bits per heavy atom. The van der Waals surface area contributed by atoms with Crippen LogP contribution < -0.4 is 0 Å². The average Bonchev–Trinajstić information content (AvgIpc) is 2.87. The van der Waals surface area contributed by atoms with E-state index in [9.17, 15) is 5.11 Å². The molecule has 0 bridgehead atoms. The van der Waals surface area contributed by atoms with E-state index in [1.165, 1.54) is 12.8 Å². The van der Waals surface area contributed by atoms with Gasteiger partial charge in [0.15, 0.2) is 11.0 Å². The molecular weight excluding hydrogens is 224 g/mol. The van der Waals surface area contributed by atoms with Gasteiger partial charge in [0.05, 0.1) is 5.52 Å². The molecule has 2 heterocycles. The smallest absolute Gasteiger partial charge is 0.197 e. The van der Waals surface area contributed by atoms with Gasteiger partial charge in [-0.2, -0.15) is 0 Å². The van der Waals surface area contributed by atoms with Crippen LogP contribution in [0.2, 0.25) is 5.15 Å². The number of aromatic hydroxyl groups is 1. The van der Waals surface area contributed by atoms with Gasteiger partial charge in [0.1, 0.15) is 5.82 Å². The molecule has 3 nitrogen and oxygen atoms in total. The fourth-order valence-electron chi connectivity index (χ4n) is 2.57. The number of aromatic nitrogens is 2. The van der Waals surface area contributed by atoms with Gasteiger partial charge in [-0.25, -0.2) is 4.98 Å². The van der Waals surface area contributed by atoms with E-state index in [2.05, 4.69) is 4.98 Å². The van der Waals surface area contributed by atoms with Crippen LogP contribution in [0, 0.1) is 0 Å². The minimum absolute atomic E-state index is 0.221. The predicted octanol–water partition coefficient (Wildman–Crippen LogP) is 3.35. The van der Waals surface area contributed by atoms with Crippen LogP contribution in [-0.4, -0.2) is 14.5 Å². The molecule has 1 aliphatic rings. The predicted molar refractivity (Wildman–Crippen MR) is 63.1 cm³/mol. The lowest BCUT2D eigenvalue weighted by Gasteiger charge is -2.08. The Labute approximate surface area is 98.7 Å². The summed E-state index contributed by atoms with van der Waals surface area (Å²) in [5, 5.41) is 10.4. The summed E-state index contributed by atoms with van der Waals surface area (Å²) in [6, 6.07) is 5.34. The molecule has 0 spiro atoms. The SMILES string of the molecule is Oc1cccc2c(Cl)nc(C3CCCC3)n12. The summed E-state index contributed by atoms with van der Waals surface area (Å²) in [7, 11) is 0. The molecule has 0 atom stereocenters. The van der Waals surface area contributed by atoms with Crippen molar-refractivity contribution in [2.75, 3.05) is 0 Å². The van der Waals surface area contributed by atoms with E-state index in [1.54, 1.807) is 16.5 Å². The third-order valence-corrected chi connectivity index (χ3v) is 3.62. The Morgan fingerprint density at radius 1 is 1.31 bits per heavy atom.